The van der Waals surface area contributed by atoms with Gasteiger partial charge in [0.2, 0.25) is 0 Å². The highest BCUT2D eigenvalue weighted by Gasteiger charge is 2.18. The summed E-state index contributed by atoms with van der Waals surface area (Å²) in [5.74, 6) is 0.623. The summed E-state index contributed by atoms with van der Waals surface area (Å²) in [6.07, 6.45) is 4.17. The lowest BCUT2D eigenvalue weighted by molar-refractivity contribution is 0.0956. The molecule has 0 amide bonds. The average Bonchev–Trinajstić information content (AvgIpc) is 2.39. The molecule has 0 spiro atoms. The van der Waals surface area contributed by atoms with Crippen LogP contribution in [0.2, 0.25) is 0 Å². The van der Waals surface area contributed by atoms with E-state index < -0.39 is 0 Å². The second-order valence-corrected chi connectivity index (χ2v) is 3.62. The highest BCUT2D eigenvalue weighted by atomic mass is 16.5. The van der Waals surface area contributed by atoms with Crippen LogP contribution in [0.15, 0.2) is 12.2 Å². The van der Waals surface area contributed by atoms with Gasteiger partial charge in [-0.15, -0.1) is 0 Å². The van der Waals surface area contributed by atoms with E-state index >= 15 is 0 Å². The molecule has 1 aliphatic rings. The van der Waals surface area contributed by atoms with Gasteiger partial charge in [-0.3, -0.25) is 0 Å². The Morgan fingerprint density at radius 3 is 2.91 bits per heavy atom. The van der Waals surface area contributed by atoms with Crippen molar-refractivity contribution in [3.8, 4) is 0 Å². The molecule has 1 fully saturated rings. The van der Waals surface area contributed by atoms with Crippen LogP contribution in [0.25, 0.3) is 0 Å². The molecule has 1 nitrogen and oxygen atoms in total. The number of allylic oxidation sites excluding steroid dienone is 1. The van der Waals surface area contributed by atoms with Crippen LogP contribution in [0.5, 0.6) is 0 Å². The van der Waals surface area contributed by atoms with Crippen LogP contribution in [0, 0.1) is 5.92 Å². The van der Waals surface area contributed by atoms with Gasteiger partial charge in [0.15, 0.2) is 0 Å². The van der Waals surface area contributed by atoms with Crippen molar-refractivity contribution in [1.82, 2.24) is 0 Å². The van der Waals surface area contributed by atoms with Crippen molar-refractivity contribution in [1.29, 1.82) is 0 Å². The molecule has 1 rings (SSSR count). The highest BCUT2D eigenvalue weighted by Crippen LogP contribution is 2.22. The molecule has 0 aromatic carbocycles. The Kier molecular flexibility index (Phi) is 3.13. The van der Waals surface area contributed by atoms with Crippen molar-refractivity contribution < 1.29 is 4.74 Å². The van der Waals surface area contributed by atoms with E-state index in [9.17, 15) is 0 Å². The topological polar surface area (TPSA) is 9.23 Å². The lowest BCUT2D eigenvalue weighted by atomic mass is 9.96. The van der Waals surface area contributed by atoms with E-state index in [-0.39, 0.29) is 0 Å². The maximum absolute atomic E-state index is 5.53. The molecule has 1 saturated heterocycles. The SMILES string of the molecule is C=C(C)C(C)CC1CCCO1. The monoisotopic (exact) mass is 154 g/mol. The zero-order valence-electron chi connectivity index (χ0n) is 7.60. The summed E-state index contributed by atoms with van der Waals surface area (Å²) in [4.78, 5) is 0. The Bertz CT molecular complexity index is 134. The molecule has 1 aliphatic heterocycles. The molecule has 1 heteroatoms. The first-order chi connectivity index (χ1) is 5.20. The van der Waals surface area contributed by atoms with E-state index in [1.165, 1.54) is 18.4 Å². The zero-order chi connectivity index (χ0) is 8.27. The minimum atomic E-state index is 0.515. The van der Waals surface area contributed by atoms with Crippen LogP contribution < -0.4 is 0 Å². The van der Waals surface area contributed by atoms with Crippen LogP contribution in [-0.4, -0.2) is 12.7 Å². The van der Waals surface area contributed by atoms with Gasteiger partial charge in [-0.05, 0) is 32.1 Å². The summed E-state index contributed by atoms with van der Waals surface area (Å²) in [5, 5.41) is 0. The molecular weight excluding hydrogens is 136 g/mol. The smallest absolute Gasteiger partial charge is 0.0581 e. The molecule has 0 aromatic rings. The minimum absolute atomic E-state index is 0.515. The number of hydrogen-bond donors (Lipinski definition) is 0. The predicted octanol–water partition coefficient (Wildman–Crippen LogP) is 2.77. The van der Waals surface area contributed by atoms with E-state index in [1.54, 1.807) is 0 Å². The largest absolute Gasteiger partial charge is 0.378 e. The maximum Gasteiger partial charge on any atom is 0.0581 e. The fourth-order valence-corrected chi connectivity index (χ4v) is 1.43. The number of ether oxygens (including phenoxy) is 1. The first kappa shape index (κ1) is 8.79. The average molecular weight is 154 g/mol. The minimum Gasteiger partial charge on any atom is -0.378 e. The Balaban J connectivity index is 2.23. The summed E-state index contributed by atoms with van der Waals surface area (Å²) in [7, 11) is 0. The number of hydrogen-bond acceptors (Lipinski definition) is 1. The maximum atomic E-state index is 5.53. The molecule has 0 bridgehead atoms. The molecule has 2 unspecified atom stereocenters. The van der Waals surface area contributed by atoms with Gasteiger partial charge in [0.05, 0.1) is 6.10 Å². The van der Waals surface area contributed by atoms with E-state index in [2.05, 4.69) is 20.4 Å². The van der Waals surface area contributed by atoms with E-state index in [0.717, 1.165) is 13.0 Å². The van der Waals surface area contributed by atoms with Crippen LogP contribution in [0.3, 0.4) is 0 Å². The van der Waals surface area contributed by atoms with Crippen LogP contribution in [0.1, 0.15) is 33.1 Å². The van der Waals surface area contributed by atoms with E-state index in [4.69, 9.17) is 4.74 Å². The first-order valence-electron chi connectivity index (χ1n) is 4.47. The molecule has 0 aliphatic carbocycles. The van der Waals surface area contributed by atoms with Gasteiger partial charge in [-0.25, -0.2) is 0 Å². The predicted molar refractivity (Wildman–Crippen MR) is 47.6 cm³/mol. The fraction of sp³-hybridized carbons (Fsp3) is 0.800. The molecule has 1 heterocycles. The van der Waals surface area contributed by atoms with Gasteiger partial charge in [0.1, 0.15) is 0 Å². The Labute approximate surface area is 69.4 Å². The molecule has 2 atom stereocenters. The quantitative estimate of drug-likeness (QED) is 0.568. The van der Waals surface area contributed by atoms with Crippen molar-refractivity contribution >= 4 is 0 Å². The second-order valence-electron chi connectivity index (χ2n) is 3.62. The molecule has 0 saturated carbocycles. The summed E-state index contributed by atoms with van der Waals surface area (Å²) in [5.41, 5.74) is 1.28. The van der Waals surface area contributed by atoms with Crippen molar-refractivity contribution in [3.05, 3.63) is 12.2 Å². The molecule has 0 radical (unpaired) electrons. The van der Waals surface area contributed by atoms with Gasteiger partial charge in [-0.2, -0.15) is 0 Å². The van der Waals surface area contributed by atoms with Gasteiger partial charge >= 0.3 is 0 Å². The molecular formula is C10H18O. The van der Waals surface area contributed by atoms with Gasteiger partial charge in [0, 0.05) is 6.61 Å². The summed E-state index contributed by atoms with van der Waals surface area (Å²) in [6, 6.07) is 0. The third kappa shape index (κ3) is 2.66. The molecule has 0 N–H and O–H groups in total. The Morgan fingerprint density at radius 2 is 2.45 bits per heavy atom. The number of rotatable bonds is 3. The van der Waals surface area contributed by atoms with Crippen molar-refractivity contribution in [3.63, 3.8) is 0 Å². The van der Waals surface area contributed by atoms with Crippen molar-refractivity contribution in [2.24, 2.45) is 5.92 Å². The van der Waals surface area contributed by atoms with E-state index in [0.29, 0.717) is 12.0 Å². The Hall–Kier alpha value is -0.300. The van der Waals surface area contributed by atoms with Gasteiger partial charge in [-0.1, -0.05) is 19.1 Å². The third-order valence-corrected chi connectivity index (χ3v) is 2.48. The third-order valence-electron chi connectivity index (χ3n) is 2.48. The highest BCUT2D eigenvalue weighted by molar-refractivity contribution is 4.94. The lowest BCUT2D eigenvalue weighted by Crippen LogP contribution is -2.10. The molecule has 11 heavy (non-hydrogen) atoms. The van der Waals surface area contributed by atoms with Crippen molar-refractivity contribution in [2.45, 2.75) is 39.2 Å². The fourth-order valence-electron chi connectivity index (χ4n) is 1.43. The first-order valence-corrected chi connectivity index (χ1v) is 4.47. The van der Waals surface area contributed by atoms with Crippen LogP contribution in [-0.2, 0) is 4.74 Å². The van der Waals surface area contributed by atoms with Crippen LogP contribution >= 0.6 is 0 Å². The molecule has 0 aromatic heterocycles. The lowest BCUT2D eigenvalue weighted by Gasteiger charge is -2.15. The van der Waals surface area contributed by atoms with Gasteiger partial charge in [0.25, 0.3) is 0 Å². The summed E-state index contributed by atoms with van der Waals surface area (Å²) in [6.45, 7) is 9.23. The molecule has 64 valence electrons. The van der Waals surface area contributed by atoms with Gasteiger partial charge < -0.3 is 4.74 Å². The normalized spacial score (nSPS) is 26.9. The standard InChI is InChI=1S/C10H18O/c1-8(2)9(3)7-10-5-4-6-11-10/h9-10H,1,4-7H2,2-3H3. The summed E-state index contributed by atoms with van der Waals surface area (Å²) < 4.78 is 5.53. The Morgan fingerprint density at radius 1 is 1.73 bits per heavy atom. The summed E-state index contributed by atoms with van der Waals surface area (Å²) >= 11 is 0. The zero-order valence-corrected chi connectivity index (χ0v) is 7.60. The van der Waals surface area contributed by atoms with Crippen molar-refractivity contribution in [2.75, 3.05) is 6.61 Å². The second kappa shape index (κ2) is 3.91. The van der Waals surface area contributed by atoms with Crippen LogP contribution in [0.4, 0.5) is 0 Å². The van der Waals surface area contributed by atoms with E-state index in [1.807, 2.05) is 0 Å².